The Kier molecular flexibility index (Phi) is 3.85. The van der Waals surface area contributed by atoms with Gasteiger partial charge in [-0.05, 0) is 32.4 Å². The molecule has 1 saturated heterocycles. The van der Waals surface area contributed by atoms with Crippen molar-refractivity contribution in [1.29, 1.82) is 0 Å². The number of nitrogens with zero attached hydrogens (tertiary/aromatic N) is 1. The average molecular weight is 261 g/mol. The van der Waals surface area contributed by atoms with E-state index in [1.807, 2.05) is 31.2 Å². The number of amides is 2. The van der Waals surface area contributed by atoms with Gasteiger partial charge in [0.2, 0.25) is 11.8 Å². The van der Waals surface area contributed by atoms with Gasteiger partial charge in [0.1, 0.15) is 6.04 Å². The number of carbonyl (C=O) groups excluding carboxylic acids is 2. The van der Waals surface area contributed by atoms with Gasteiger partial charge in [0.05, 0.1) is 6.04 Å². The predicted octanol–water partition coefficient (Wildman–Crippen LogP) is 0.564. The lowest BCUT2D eigenvalue weighted by Gasteiger charge is -2.18. The zero-order valence-corrected chi connectivity index (χ0v) is 11.2. The van der Waals surface area contributed by atoms with E-state index in [1.54, 1.807) is 11.8 Å². The Balaban J connectivity index is 2.05. The van der Waals surface area contributed by atoms with Crippen LogP contribution in [0.4, 0.5) is 5.69 Å². The molecule has 2 amide bonds. The molecule has 0 aromatic heterocycles. The van der Waals surface area contributed by atoms with Gasteiger partial charge in [-0.1, -0.05) is 17.7 Å². The molecule has 3 N–H and O–H groups in total. The van der Waals surface area contributed by atoms with Gasteiger partial charge in [-0.2, -0.15) is 0 Å². The van der Waals surface area contributed by atoms with Gasteiger partial charge < -0.3 is 16.0 Å². The molecule has 5 heteroatoms. The molecular weight excluding hydrogens is 242 g/mol. The quantitative estimate of drug-likeness (QED) is 0.835. The van der Waals surface area contributed by atoms with Crippen molar-refractivity contribution in [1.82, 2.24) is 5.32 Å². The maximum atomic E-state index is 12.2. The highest BCUT2D eigenvalue weighted by Gasteiger charge is 2.33. The van der Waals surface area contributed by atoms with E-state index in [4.69, 9.17) is 5.73 Å². The van der Waals surface area contributed by atoms with Gasteiger partial charge >= 0.3 is 0 Å². The molecule has 1 aromatic rings. The van der Waals surface area contributed by atoms with E-state index >= 15 is 0 Å². The number of benzene rings is 1. The first-order valence-electron chi connectivity index (χ1n) is 6.43. The van der Waals surface area contributed by atoms with Crippen molar-refractivity contribution in [2.75, 3.05) is 11.4 Å². The minimum atomic E-state index is -0.596. The van der Waals surface area contributed by atoms with Gasteiger partial charge in [0.25, 0.3) is 0 Å². The van der Waals surface area contributed by atoms with Gasteiger partial charge in [-0.25, -0.2) is 0 Å². The molecule has 0 spiro atoms. The normalized spacial score (nSPS) is 20.5. The predicted molar refractivity (Wildman–Crippen MR) is 73.7 cm³/mol. The molecule has 5 nitrogen and oxygen atoms in total. The Bertz CT molecular complexity index is 482. The second-order valence-electron chi connectivity index (χ2n) is 4.96. The smallest absolute Gasteiger partial charge is 0.249 e. The van der Waals surface area contributed by atoms with Crippen LogP contribution >= 0.6 is 0 Å². The summed E-state index contributed by atoms with van der Waals surface area (Å²) >= 11 is 0. The number of aryl methyl sites for hydroxylation is 1. The first kappa shape index (κ1) is 13.5. The molecule has 0 aliphatic carbocycles. The van der Waals surface area contributed by atoms with Crippen molar-refractivity contribution < 1.29 is 9.59 Å². The standard InChI is InChI=1S/C14H19N3O2/c1-9-3-5-11(6-4-9)17-8-7-12(14(17)19)16-13(18)10(2)15/h3-6,10,12H,7-8,15H2,1-2H3,(H,16,18)/t10-,12?/m1/s1. The number of nitrogens with one attached hydrogen (secondary N) is 1. The summed E-state index contributed by atoms with van der Waals surface area (Å²) in [5, 5.41) is 2.68. The number of hydrogen-bond acceptors (Lipinski definition) is 3. The van der Waals surface area contributed by atoms with Gasteiger partial charge in [-0.15, -0.1) is 0 Å². The van der Waals surface area contributed by atoms with Crippen LogP contribution < -0.4 is 16.0 Å². The third-order valence-electron chi connectivity index (χ3n) is 3.28. The number of hydrogen-bond donors (Lipinski definition) is 2. The summed E-state index contributed by atoms with van der Waals surface area (Å²) in [5.41, 5.74) is 7.50. The molecular formula is C14H19N3O2. The minimum Gasteiger partial charge on any atom is -0.343 e. The first-order valence-corrected chi connectivity index (χ1v) is 6.43. The van der Waals surface area contributed by atoms with E-state index in [-0.39, 0.29) is 11.8 Å². The van der Waals surface area contributed by atoms with Crippen molar-refractivity contribution in [2.45, 2.75) is 32.4 Å². The molecule has 1 aliphatic rings. The van der Waals surface area contributed by atoms with Crippen molar-refractivity contribution in [2.24, 2.45) is 5.73 Å². The molecule has 2 atom stereocenters. The van der Waals surface area contributed by atoms with Crippen LogP contribution in [0.5, 0.6) is 0 Å². The highest BCUT2D eigenvalue weighted by molar-refractivity contribution is 6.01. The van der Waals surface area contributed by atoms with Crippen LogP contribution in [0.2, 0.25) is 0 Å². The minimum absolute atomic E-state index is 0.0714. The zero-order chi connectivity index (χ0) is 14.0. The maximum Gasteiger partial charge on any atom is 0.249 e. The molecule has 0 saturated carbocycles. The number of carbonyl (C=O) groups is 2. The Labute approximate surface area is 112 Å². The van der Waals surface area contributed by atoms with Crippen molar-refractivity contribution >= 4 is 17.5 Å². The van der Waals surface area contributed by atoms with Crippen LogP contribution in [0.3, 0.4) is 0 Å². The second kappa shape index (κ2) is 5.40. The average Bonchev–Trinajstić information content (AvgIpc) is 2.72. The Hall–Kier alpha value is -1.88. The van der Waals surface area contributed by atoms with Crippen molar-refractivity contribution in [3.63, 3.8) is 0 Å². The fourth-order valence-corrected chi connectivity index (χ4v) is 2.10. The van der Waals surface area contributed by atoms with E-state index in [2.05, 4.69) is 5.32 Å². The van der Waals surface area contributed by atoms with E-state index in [1.165, 1.54) is 0 Å². The van der Waals surface area contributed by atoms with Crippen LogP contribution in [0.1, 0.15) is 18.9 Å². The molecule has 1 aromatic carbocycles. The SMILES string of the molecule is Cc1ccc(N2CCC(NC(=O)[C@@H](C)N)C2=O)cc1. The van der Waals surface area contributed by atoms with Crippen LogP contribution in [-0.2, 0) is 9.59 Å². The summed E-state index contributed by atoms with van der Waals surface area (Å²) in [4.78, 5) is 25.4. The molecule has 1 unspecified atom stereocenters. The lowest BCUT2D eigenvalue weighted by molar-refractivity contribution is -0.127. The summed E-state index contributed by atoms with van der Waals surface area (Å²) in [6, 6.07) is 6.72. The first-order chi connectivity index (χ1) is 8.99. The van der Waals surface area contributed by atoms with E-state index < -0.39 is 12.1 Å². The lowest BCUT2D eigenvalue weighted by Crippen LogP contribution is -2.47. The Morgan fingerprint density at radius 3 is 2.63 bits per heavy atom. The van der Waals surface area contributed by atoms with Crippen LogP contribution in [0.15, 0.2) is 24.3 Å². The third kappa shape index (κ3) is 2.93. The van der Waals surface area contributed by atoms with Crippen molar-refractivity contribution in [3.05, 3.63) is 29.8 Å². The highest BCUT2D eigenvalue weighted by Crippen LogP contribution is 2.21. The molecule has 0 bridgehead atoms. The Morgan fingerprint density at radius 1 is 1.42 bits per heavy atom. The number of nitrogens with two attached hydrogens (primary N) is 1. The third-order valence-corrected chi connectivity index (χ3v) is 3.28. The van der Waals surface area contributed by atoms with E-state index in [9.17, 15) is 9.59 Å². The molecule has 1 aliphatic heterocycles. The molecule has 19 heavy (non-hydrogen) atoms. The van der Waals surface area contributed by atoms with Gasteiger partial charge in [0.15, 0.2) is 0 Å². The molecule has 102 valence electrons. The van der Waals surface area contributed by atoms with Crippen LogP contribution in [0.25, 0.3) is 0 Å². The summed E-state index contributed by atoms with van der Waals surface area (Å²) in [6.07, 6.45) is 0.616. The fourth-order valence-electron chi connectivity index (χ4n) is 2.10. The van der Waals surface area contributed by atoms with Crippen LogP contribution in [0, 0.1) is 6.92 Å². The van der Waals surface area contributed by atoms with E-state index in [0.29, 0.717) is 13.0 Å². The van der Waals surface area contributed by atoms with Gasteiger partial charge in [-0.3, -0.25) is 9.59 Å². The summed E-state index contributed by atoms with van der Waals surface area (Å²) < 4.78 is 0. The topological polar surface area (TPSA) is 75.4 Å². The Morgan fingerprint density at radius 2 is 2.05 bits per heavy atom. The lowest BCUT2D eigenvalue weighted by atomic mass is 10.2. The fraction of sp³-hybridized carbons (Fsp3) is 0.429. The molecule has 1 heterocycles. The van der Waals surface area contributed by atoms with Crippen molar-refractivity contribution in [3.8, 4) is 0 Å². The number of anilines is 1. The summed E-state index contributed by atoms with van der Waals surface area (Å²) in [7, 11) is 0. The van der Waals surface area contributed by atoms with Crippen LogP contribution in [-0.4, -0.2) is 30.4 Å². The summed E-state index contributed by atoms with van der Waals surface area (Å²) in [5.74, 6) is -0.359. The molecule has 2 rings (SSSR count). The maximum absolute atomic E-state index is 12.2. The van der Waals surface area contributed by atoms with E-state index in [0.717, 1.165) is 11.3 Å². The highest BCUT2D eigenvalue weighted by atomic mass is 16.2. The molecule has 1 fully saturated rings. The largest absolute Gasteiger partial charge is 0.343 e. The van der Waals surface area contributed by atoms with Gasteiger partial charge in [0, 0.05) is 12.2 Å². The second-order valence-corrected chi connectivity index (χ2v) is 4.96. The zero-order valence-electron chi connectivity index (χ0n) is 11.2. The monoisotopic (exact) mass is 261 g/mol. The summed E-state index contributed by atoms with van der Waals surface area (Å²) in [6.45, 7) is 4.22. The molecule has 0 radical (unpaired) electrons. The number of rotatable bonds is 3.